The Kier molecular flexibility index (Phi) is 4.50. The summed E-state index contributed by atoms with van der Waals surface area (Å²) in [6.45, 7) is 0. The molecular formula is C16H12F3NO2. The highest BCUT2D eigenvalue weighted by Gasteiger charge is 2.34. The number of aromatic hydroxyl groups is 1. The average molecular weight is 307 g/mol. The number of carbonyl (C=O) groups is 1. The quantitative estimate of drug-likeness (QED) is 0.908. The minimum absolute atomic E-state index is 0.0624. The molecule has 0 unspecified atom stereocenters. The maximum Gasteiger partial charge on any atom is 0.418 e. The summed E-state index contributed by atoms with van der Waals surface area (Å²) in [5.74, 6) is -1.13. The molecule has 2 rings (SSSR count). The molecule has 0 fully saturated rings. The van der Waals surface area contributed by atoms with Gasteiger partial charge in [-0.25, -0.2) is 0 Å². The molecule has 2 aromatic carbocycles. The number of amides is 1. The first-order chi connectivity index (χ1) is 10.4. The topological polar surface area (TPSA) is 49.3 Å². The minimum atomic E-state index is -4.62. The van der Waals surface area contributed by atoms with Crippen molar-refractivity contribution in [2.45, 2.75) is 6.18 Å². The van der Waals surface area contributed by atoms with Crippen LogP contribution in [0.5, 0.6) is 5.75 Å². The van der Waals surface area contributed by atoms with E-state index in [4.69, 9.17) is 0 Å². The molecule has 114 valence electrons. The number of rotatable bonds is 3. The summed E-state index contributed by atoms with van der Waals surface area (Å²) in [5, 5.41) is 11.6. The molecule has 0 aliphatic rings. The molecule has 0 spiro atoms. The monoisotopic (exact) mass is 307 g/mol. The molecule has 2 N–H and O–H groups in total. The van der Waals surface area contributed by atoms with Gasteiger partial charge in [-0.3, -0.25) is 4.79 Å². The zero-order valence-corrected chi connectivity index (χ0v) is 11.3. The van der Waals surface area contributed by atoms with Crippen LogP contribution in [0.3, 0.4) is 0 Å². The Morgan fingerprint density at radius 2 is 1.59 bits per heavy atom. The van der Waals surface area contributed by atoms with Crippen molar-refractivity contribution in [3.05, 3.63) is 71.9 Å². The first-order valence-corrected chi connectivity index (χ1v) is 6.31. The van der Waals surface area contributed by atoms with E-state index in [0.29, 0.717) is 6.20 Å². The Morgan fingerprint density at radius 3 is 2.18 bits per heavy atom. The van der Waals surface area contributed by atoms with Crippen LogP contribution in [0, 0.1) is 0 Å². The number of nitrogens with one attached hydrogen (secondary N) is 1. The lowest BCUT2D eigenvalue weighted by Gasteiger charge is -2.12. The van der Waals surface area contributed by atoms with Gasteiger partial charge < -0.3 is 10.4 Å². The van der Waals surface area contributed by atoms with Crippen LogP contribution < -0.4 is 5.32 Å². The molecule has 0 saturated heterocycles. The second-order valence-corrected chi connectivity index (χ2v) is 4.41. The standard InChI is InChI=1S/C16H12F3NO2/c17-16(18,19)13(11-6-2-1-3-7-11)10-20-15(22)12-8-4-5-9-14(12)21/h1-10,21H,(H,20,22). The van der Waals surface area contributed by atoms with Gasteiger partial charge in [0.2, 0.25) is 0 Å². The Labute approximate surface area is 124 Å². The zero-order valence-electron chi connectivity index (χ0n) is 11.3. The summed E-state index contributed by atoms with van der Waals surface area (Å²) in [5.41, 5.74) is -1.14. The number of allylic oxidation sites excluding steroid dienone is 1. The van der Waals surface area contributed by atoms with E-state index in [-0.39, 0.29) is 16.9 Å². The molecule has 0 radical (unpaired) electrons. The van der Waals surface area contributed by atoms with Gasteiger partial charge in [0.25, 0.3) is 5.91 Å². The molecule has 22 heavy (non-hydrogen) atoms. The van der Waals surface area contributed by atoms with E-state index >= 15 is 0 Å². The summed E-state index contributed by atoms with van der Waals surface area (Å²) in [6.07, 6.45) is -4.02. The Balaban J connectivity index is 2.28. The molecule has 6 heteroatoms. The smallest absolute Gasteiger partial charge is 0.418 e. The van der Waals surface area contributed by atoms with Crippen molar-refractivity contribution >= 4 is 11.5 Å². The molecule has 0 saturated carbocycles. The highest BCUT2D eigenvalue weighted by molar-refractivity contribution is 5.98. The first-order valence-electron chi connectivity index (χ1n) is 6.31. The second kappa shape index (κ2) is 6.34. The summed E-state index contributed by atoms with van der Waals surface area (Å²) >= 11 is 0. The number of phenolic OH excluding ortho intramolecular Hbond substituents is 1. The van der Waals surface area contributed by atoms with Crippen molar-refractivity contribution in [1.82, 2.24) is 5.32 Å². The molecule has 1 amide bonds. The Bertz CT molecular complexity index is 694. The zero-order chi connectivity index (χ0) is 16.2. The van der Waals surface area contributed by atoms with E-state index in [1.54, 1.807) is 6.07 Å². The number of phenols is 1. The van der Waals surface area contributed by atoms with Crippen LogP contribution in [0.15, 0.2) is 60.8 Å². The highest BCUT2D eigenvalue weighted by atomic mass is 19.4. The molecule has 0 atom stereocenters. The van der Waals surface area contributed by atoms with Gasteiger partial charge in [-0.05, 0) is 17.7 Å². The summed E-state index contributed by atoms with van der Waals surface area (Å²) in [7, 11) is 0. The van der Waals surface area contributed by atoms with Crippen molar-refractivity contribution in [2.24, 2.45) is 0 Å². The van der Waals surface area contributed by atoms with Gasteiger partial charge in [0.15, 0.2) is 0 Å². The van der Waals surface area contributed by atoms with Crippen LogP contribution in [0.1, 0.15) is 15.9 Å². The molecule has 0 aromatic heterocycles. The first kappa shape index (κ1) is 15.6. The van der Waals surface area contributed by atoms with Crippen molar-refractivity contribution in [1.29, 1.82) is 0 Å². The fourth-order valence-electron chi connectivity index (χ4n) is 1.83. The predicted molar refractivity (Wildman–Crippen MR) is 76.0 cm³/mol. The molecule has 3 nitrogen and oxygen atoms in total. The number of hydrogen-bond donors (Lipinski definition) is 2. The lowest BCUT2D eigenvalue weighted by Crippen LogP contribution is -2.21. The lowest BCUT2D eigenvalue weighted by molar-refractivity contribution is -0.0691. The highest BCUT2D eigenvalue weighted by Crippen LogP contribution is 2.33. The van der Waals surface area contributed by atoms with E-state index in [1.165, 1.54) is 48.5 Å². The maximum absolute atomic E-state index is 13.1. The number of carbonyl (C=O) groups excluding carboxylic acids is 1. The normalized spacial score (nSPS) is 12.0. The van der Waals surface area contributed by atoms with Gasteiger partial charge in [0.05, 0.1) is 11.1 Å². The Morgan fingerprint density at radius 1 is 1.00 bits per heavy atom. The van der Waals surface area contributed by atoms with E-state index in [2.05, 4.69) is 5.32 Å². The van der Waals surface area contributed by atoms with Crippen LogP contribution in [-0.2, 0) is 0 Å². The van der Waals surface area contributed by atoms with Crippen molar-refractivity contribution in [3.63, 3.8) is 0 Å². The molecule has 2 aromatic rings. The lowest BCUT2D eigenvalue weighted by atomic mass is 10.1. The van der Waals surface area contributed by atoms with Crippen LogP contribution in [-0.4, -0.2) is 17.2 Å². The molecular weight excluding hydrogens is 295 g/mol. The number of halogens is 3. The van der Waals surface area contributed by atoms with E-state index in [1.807, 2.05) is 0 Å². The summed E-state index contributed by atoms with van der Waals surface area (Å²) in [4.78, 5) is 11.8. The van der Waals surface area contributed by atoms with Crippen LogP contribution >= 0.6 is 0 Å². The van der Waals surface area contributed by atoms with Gasteiger partial charge in [-0.15, -0.1) is 0 Å². The number of alkyl halides is 3. The van der Waals surface area contributed by atoms with Crippen molar-refractivity contribution < 1.29 is 23.1 Å². The molecule has 0 aliphatic heterocycles. The largest absolute Gasteiger partial charge is 0.507 e. The van der Waals surface area contributed by atoms with Gasteiger partial charge in [0, 0.05) is 6.20 Å². The average Bonchev–Trinajstić information content (AvgIpc) is 2.47. The number of hydrogen-bond acceptors (Lipinski definition) is 2. The van der Waals surface area contributed by atoms with E-state index in [0.717, 1.165) is 0 Å². The van der Waals surface area contributed by atoms with Crippen LogP contribution in [0.4, 0.5) is 13.2 Å². The summed E-state index contributed by atoms with van der Waals surface area (Å²) in [6, 6.07) is 12.7. The number of para-hydroxylation sites is 1. The van der Waals surface area contributed by atoms with Crippen molar-refractivity contribution in [3.8, 4) is 5.75 Å². The van der Waals surface area contributed by atoms with Gasteiger partial charge in [-0.1, -0.05) is 42.5 Å². The molecule has 0 heterocycles. The third-order valence-corrected chi connectivity index (χ3v) is 2.89. The fourth-order valence-corrected chi connectivity index (χ4v) is 1.83. The third kappa shape index (κ3) is 3.66. The van der Waals surface area contributed by atoms with Gasteiger partial charge in [-0.2, -0.15) is 13.2 Å². The van der Waals surface area contributed by atoms with Gasteiger partial charge >= 0.3 is 6.18 Å². The Hall–Kier alpha value is -2.76. The number of benzene rings is 2. The predicted octanol–water partition coefficient (Wildman–Crippen LogP) is 3.73. The summed E-state index contributed by atoms with van der Waals surface area (Å²) < 4.78 is 39.2. The molecule has 0 aliphatic carbocycles. The SMILES string of the molecule is O=C(NC=C(c1ccccc1)C(F)(F)F)c1ccccc1O. The van der Waals surface area contributed by atoms with Crippen molar-refractivity contribution in [2.75, 3.05) is 0 Å². The third-order valence-electron chi connectivity index (χ3n) is 2.89. The van der Waals surface area contributed by atoms with Crippen LogP contribution in [0.25, 0.3) is 5.57 Å². The van der Waals surface area contributed by atoms with Gasteiger partial charge in [0.1, 0.15) is 5.75 Å². The van der Waals surface area contributed by atoms with E-state index in [9.17, 15) is 23.1 Å². The van der Waals surface area contributed by atoms with Crippen LogP contribution in [0.2, 0.25) is 0 Å². The fraction of sp³-hybridized carbons (Fsp3) is 0.0625. The van der Waals surface area contributed by atoms with E-state index < -0.39 is 17.7 Å². The second-order valence-electron chi connectivity index (χ2n) is 4.41. The maximum atomic E-state index is 13.1. The molecule has 0 bridgehead atoms. The minimum Gasteiger partial charge on any atom is -0.507 e.